The van der Waals surface area contributed by atoms with Gasteiger partial charge in [0.2, 0.25) is 5.91 Å². The lowest BCUT2D eigenvalue weighted by Crippen LogP contribution is -2.29. The second-order valence-corrected chi connectivity index (χ2v) is 5.90. The Morgan fingerprint density at radius 3 is 2.76 bits per heavy atom. The molecule has 0 aliphatic heterocycles. The van der Waals surface area contributed by atoms with Gasteiger partial charge in [-0.05, 0) is 19.9 Å². The van der Waals surface area contributed by atoms with E-state index in [0.29, 0.717) is 10.7 Å². The number of nitrogens with zero attached hydrogens (tertiary/aromatic N) is 4. The summed E-state index contributed by atoms with van der Waals surface area (Å²) >= 11 is 11.7. The molecule has 0 aromatic carbocycles. The molecule has 0 atom stereocenters. The zero-order valence-corrected chi connectivity index (χ0v) is 13.0. The van der Waals surface area contributed by atoms with Gasteiger partial charge in [-0.25, -0.2) is 9.67 Å². The fraction of sp³-hybridized carbons (Fsp3) is 0.333. The van der Waals surface area contributed by atoms with E-state index in [9.17, 15) is 4.79 Å². The van der Waals surface area contributed by atoms with E-state index in [-0.39, 0.29) is 23.3 Å². The molecule has 1 amide bonds. The van der Waals surface area contributed by atoms with E-state index in [1.807, 2.05) is 0 Å². The van der Waals surface area contributed by atoms with E-state index in [2.05, 4.69) is 20.6 Å². The van der Waals surface area contributed by atoms with Crippen LogP contribution in [0.2, 0.25) is 10.0 Å². The molecule has 21 heavy (non-hydrogen) atoms. The lowest BCUT2D eigenvalue weighted by molar-refractivity contribution is -0.116. The third-order valence-corrected chi connectivity index (χ3v) is 3.06. The topological polar surface area (TPSA) is 98.7 Å². The Balaban J connectivity index is 2.03. The SMILES string of the molecule is CC(C)(N)c1cn(CC(=O)Nc2ncc(Cl)cc2Cl)nn1. The maximum absolute atomic E-state index is 11.9. The summed E-state index contributed by atoms with van der Waals surface area (Å²) in [5.41, 5.74) is 5.88. The number of aromatic nitrogens is 4. The highest BCUT2D eigenvalue weighted by Crippen LogP contribution is 2.22. The molecular weight excluding hydrogens is 315 g/mol. The van der Waals surface area contributed by atoms with Crippen molar-refractivity contribution in [3.05, 3.63) is 34.2 Å². The van der Waals surface area contributed by atoms with Crippen LogP contribution in [0, 0.1) is 0 Å². The number of pyridine rings is 1. The number of hydrogen-bond donors (Lipinski definition) is 2. The maximum Gasteiger partial charge on any atom is 0.247 e. The smallest absolute Gasteiger partial charge is 0.247 e. The molecule has 2 aromatic heterocycles. The van der Waals surface area contributed by atoms with Crippen LogP contribution in [0.3, 0.4) is 0 Å². The summed E-state index contributed by atoms with van der Waals surface area (Å²) < 4.78 is 1.39. The van der Waals surface area contributed by atoms with E-state index in [0.717, 1.165) is 0 Å². The first-order valence-corrected chi connectivity index (χ1v) is 6.81. The van der Waals surface area contributed by atoms with Gasteiger partial charge in [0.05, 0.1) is 21.8 Å². The summed E-state index contributed by atoms with van der Waals surface area (Å²) in [7, 11) is 0. The van der Waals surface area contributed by atoms with Crippen LogP contribution in [0.25, 0.3) is 0 Å². The van der Waals surface area contributed by atoms with Crippen molar-refractivity contribution < 1.29 is 4.79 Å². The first-order chi connectivity index (χ1) is 9.75. The largest absolute Gasteiger partial charge is 0.320 e. The van der Waals surface area contributed by atoms with E-state index in [4.69, 9.17) is 28.9 Å². The normalized spacial score (nSPS) is 11.5. The van der Waals surface area contributed by atoms with Gasteiger partial charge in [-0.1, -0.05) is 28.4 Å². The van der Waals surface area contributed by atoms with E-state index >= 15 is 0 Å². The summed E-state index contributed by atoms with van der Waals surface area (Å²) in [6.45, 7) is 3.58. The molecule has 0 aliphatic rings. The number of carbonyl (C=O) groups is 1. The minimum atomic E-state index is -0.615. The Morgan fingerprint density at radius 1 is 1.48 bits per heavy atom. The zero-order valence-electron chi connectivity index (χ0n) is 11.5. The second kappa shape index (κ2) is 5.97. The molecule has 0 unspecified atom stereocenters. The fourth-order valence-electron chi connectivity index (χ4n) is 1.50. The fourth-order valence-corrected chi connectivity index (χ4v) is 1.92. The van der Waals surface area contributed by atoms with Gasteiger partial charge in [-0.2, -0.15) is 0 Å². The molecule has 0 saturated heterocycles. The summed E-state index contributed by atoms with van der Waals surface area (Å²) in [5, 5.41) is 11.0. The van der Waals surface area contributed by atoms with Gasteiger partial charge in [0.15, 0.2) is 5.82 Å². The maximum atomic E-state index is 11.9. The minimum absolute atomic E-state index is 0.0241. The molecule has 0 bridgehead atoms. The van der Waals surface area contributed by atoms with Crippen molar-refractivity contribution in [3.63, 3.8) is 0 Å². The number of nitrogens with two attached hydrogens (primary N) is 1. The van der Waals surface area contributed by atoms with Crippen LogP contribution < -0.4 is 11.1 Å². The number of hydrogen-bond acceptors (Lipinski definition) is 5. The third-order valence-electron chi connectivity index (χ3n) is 2.57. The van der Waals surface area contributed by atoms with E-state index in [1.54, 1.807) is 20.0 Å². The highest BCUT2D eigenvalue weighted by atomic mass is 35.5. The third kappa shape index (κ3) is 4.13. The summed E-state index contributed by atoms with van der Waals surface area (Å²) in [4.78, 5) is 15.9. The molecule has 2 rings (SSSR count). The Morgan fingerprint density at radius 2 is 2.19 bits per heavy atom. The predicted octanol–water partition coefficient (Wildman–Crippen LogP) is 1.81. The number of rotatable bonds is 4. The van der Waals surface area contributed by atoms with Crippen molar-refractivity contribution >= 4 is 34.9 Å². The molecule has 0 aliphatic carbocycles. The Hall–Kier alpha value is -1.70. The number of carbonyl (C=O) groups excluding carboxylic acids is 1. The molecule has 3 N–H and O–H groups in total. The highest BCUT2D eigenvalue weighted by Gasteiger charge is 2.19. The predicted molar refractivity (Wildman–Crippen MR) is 80.1 cm³/mol. The molecule has 2 aromatic rings. The Kier molecular flexibility index (Phi) is 4.46. The van der Waals surface area contributed by atoms with Crippen LogP contribution in [0.5, 0.6) is 0 Å². The van der Waals surface area contributed by atoms with Gasteiger partial charge in [0.25, 0.3) is 0 Å². The molecule has 0 radical (unpaired) electrons. The molecule has 0 saturated carbocycles. The lowest BCUT2D eigenvalue weighted by Gasteiger charge is -2.13. The van der Waals surface area contributed by atoms with Crippen molar-refractivity contribution in [2.24, 2.45) is 5.73 Å². The van der Waals surface area contributed by atoms with E-state index < -0.39 is 5.54 Å². The quantitative estimate of drug-likeness (QED) is 0.891. The van der Waals surface area contributed by atoms with Crippen molar-refractivity contribution in [2.75, 3.05) is 5.32 Å². The van der Waals surface area contributed by atoms with Gasteiger partial charge >= 0.3 is 0 Å². The second-order valence-electron chi connectivity index (χ2n) is 5.06. The Bertz CT molecular complexity index is 664. The monoisotopic (exact) mass is 328 g/mol. The summed E-state index contributed by atoms with van der Waals surface area (Å²) in [5.74, 6) is -0.0939. The van der Waals surface area contributed by atoms with Crippen LogP contribution in [0.1, 0.15) is 19.5 Å². The van der Waals surface area contributed by atoms with Gasteiger partial charge in [-0.15, -0.1) is 5.10 Å². The number of halogens is 2. The standard InChI is InChI=1S/C12H14Cl2N6O/c1-12(2,15)9-5-20(19-18-9)6-10(21)17-11-8(14)3-7(13)4-16-11/h3-5H,6,15H2,1-2H3,(H,16,17,21). The van der Waals surface area contributed by atoms with Gasteiger partial charge in [0, 0.05) is 6.20 Å². The highest BCUT2D eigenvalue weighted by molar-refractivity contribution is 6.36. The number of amides is 1. The molecule has 0 spiro atoms. The van der Waals surface area contributed by atoms with Crippen molar-refractivity contribution in [1.82, 2.24) is 20.0 Å². The zero-order chi connectivity index (χ0) is 15.6. The number of nitrogens with one attached hydrogen (secondary N) is 1. The minimum Gasteiger partial charge on any atom is -0.320 e. The van der Waals surface area contributed by atoms with E-state index in [1.165, 1.54) is 16.9 Å². The molecule has 112 valence electrons. The van der Waals surface area contributed by atoms with Crippen LogP contribution >= 0.6 is 23.2 Å². The molecule has 2 heterocycles. The lowest BCUT2D eigenvalue weighted by atomic mass is 10.0. The van der Waals surface area contributed by atoms with Crippen LogP contribution in [-0.2, 0) is 16.9 Å². The van der Waals surface area contributed by atoms with Crippen LogP contribution in [0.15, 0.2) is 18.5 Å². The van der Waals surface area contributed by atoms with Crippen molar-refractivity contribution in [1.29, 1.82) is 0 Å². The number of anilines is 1. The van der Waals surface area contributed by atoms with Gasteiger partial charge in [-0.3, -0.25) is 4.79 Å². The van der Waals surface area contributed by atoms with Crippen LogP contribution in [-0.4, -0.2) is 25.9 Å². The average molecular weight is 329 g/mol. The first kappa shape index (κ1) is 15.7. The average Bonchev–Trinajstić information content (AvgIpc) is 2.81. The summed E-state index contributed by atoms with van der Waals surface area (Å²) in [6, 6.07) is 1.50. The first-order valence-electron chi connectivity index (χ1n) is 6.06. The molecular formula is C12H14Cl2N6O. The van der Waals surface area contributed by atoms with Crippen molar-refractivity contribution in [3.8, 4) is 0 Å². The van der Waals surface area contributed by atoms with Gasteiger partial charge in [0.1, 0.15) is 12.2 Å². The summed E-state index contributed by atoms with van der Waals surface area (Å²) in [6.07, 6.45) is 3.02. The molecule has 0 fully saturated rings. The van der Waals surface area contributed by atoms with Gasteiger partial charge < -0.3 is 11.1 Å². The molecule has 9 heteroatoms. The van der Waals surface area contributed by atoms with Crippen molar-refractivity contribution in [2.45, 2.75) is 25.9 Å². The Labute approximate surface area is 131 Å². The molecule has 7 nitrogen and oxygen atoms in total. The van der Waals surface area contributed by atoms with Crippen LogP contribution in [0.4, 0.5) is 5.82 Å².